The van der Waals surface area contributed by atoms with E-state index in [1.807, 2.05) is 0 Å². The molecule has 17 heavy (non-hydrogen) atoms. The molecule has 0 radical (unpaired) electrons. The SMILES string of the molecule is CCCCc1noc(-c2ccc(N)cc2O)n1. The third-order valence-electron chi connectivity index (χ3n) is 2.47. The Morgan fingerprint density at radius 2 is 2.24 bits per heavy atom. The van der Waals surface area contributed by atoms with Crippen LogP contribution >= 0.6 is 0 Å². The van der Waals surface area contributed by atoms with Crippen LogP contribution in [0, 0.1) is 0 Å². The summed E-state index contributed by atoms with van der Waals surface area (Å²) in [7, 11) is 0. The van der Waals surface area contributed by atoms with Crippen molar-refractivity contribution >= 4 is 5.69 Å². The van der Waals surface area contributed by atoms with Gasteiger partial charge < -0.3 is 15.4 Å². The highest BCUT2D eigenvalue weighted by atomic mass is 16.5. The van der Waals surface area contributed by atoms with Crippen LogP contribution in [0.3, 0.4) is 0 Å². The molecule has 0 saturated carbocycles. The van der Waals surface area contributed by atoms with E-state index in [1.54, 1.807) is 12.1 Å². The number of aromatic hydroxyl groups is 1. The molecule has 0 aliphatic carbocycles. The number of nitrogens with zero attached hydrogens (tertiary/aromatic N) is 2. The molecule has 3 N–H and O–H groups in total. The van der Waals surface area contributed by atoms with Crippen LogP contribution in [0.15, 0.2) is 22.7 Å². The summed E-state index contributed by atoms with van der Waals surface area (Å²) in [5.74, 6) is 1.04. The molecule has 2 aromatic rings. The van der Waals surface area contributed by atoms with Crippen molar-refractivity contribution < 1.29 is 9.63 Å². The van der Waals surface area contributed by atoms with Crippen LogP contribution in [0.5, 0.6) is 5.75 Å². The number of hydrogen-bond acceptors (Lipinski definition) is 5. The summed E-state index contributed by atoms with van der Waals surface area (Å²) in [4.78, 5) is 4.23. The number of anilines is 1. The van der Waals surface area contributed by atoms with Gasteiger partial charge in [-0.3, -0.25) is 0 Å². The summed E-state index contributed by atoms with van der Waals surface area (Å²) >= 11 is 0. The highest BCUT2D eigenvalue weighted by Crippen LogP contribution is 2.29. The van der Waals surface area contributed by atoms with Crippen molar-refractivity contribution in [1.82, 2.24) is 10.1 Å². The Bertz CT molecular complexity index is 508. The van der Waals surface area contributed by atoms with E-state index in [-0.39, 0.29) is 5.75 Å². The maximum Gasteiger partial charge on any atom is 0.261 e. The fraction of sp³-hybridized carbons (Fsp3) is 0.333. The minimum Gasteiger partial charge on any atom is -0.507 e. The maximum absolute atomic E-state index is 9.72. The van der Waals surface area contributed by atoms with Crippen molar-refractivity contribution in [2.75, 3.05) is 5.73 Å². The molecule has 0 fully saturated rings. The van der Waals surface area contributed by atoms with Crippen molar-refractivity contribution in [2.45, 2.75) is 26.2 Å². The normalized spacial score (nSPS) is 10.6. The quantitative estimate of drug-likeness (QED) is 0.792. The summed E-state index contributed by atoms with van der Waals surface area (Å²) in [6.45, 7) is 2.10. The Kier molecular flexibility index (Phi) is 3.27. The predicted molar refractivity (Wildman–Crippen MR) is 64.4 cm³/mol. The monoisotopic (exact) mass is 233 g/mol. The van der Waals surface area contributed by atoms with Gasteiger partial charge in [-0.25, -0.2) is 0 Å². The Morgan fingerprint density at radius 1 is 1.41 bits per heavy atom. The van der Waals surface area contributed by atoms with Gasteiger partial charge in [-0.15, -0.1) is 0 Å². The molecular weight excluding hydrogens is 218 g/mol. The third-order valence-corrected chi connectivity index (χ3v) is 2.47. The van der Waals surface area contributed by atoms with E-state index in [1.165, 1.54) is 6.07 Å². The summed E-state index contributed by atoms with van der Waals surface area (Å²) in [5, 5.41) is 13.6. The zero-order chi connectivity index (χ0) is 12.3. The van der Waals surface area contributed by atoms with Gasteiger partial charge in [0.25, 0.3) is 5.89 Å². The summed E-state index contributed by atoms with van der Waals surface area (Å²) in [5.41, 5.74) is 6.56. The van der Waals surface area contributed by atoms with Crippen LogP contribution in [-0.4, -0.2) is 15.2 Å². The van der Waals surface area contributed by atoms with Crippen molar-refractivity contribution in [3.8, 4) is 17.2 Å². The number of phenolic OH excluding ortho intramolecular Hbond substituents is 1. The van der Waals surface area contributed by atoms with Gasteiger partial charge in [-0.05, 0) is 18.6 Å². The smallest absolute Gasteiger partial charge is 0.261 e. The average Bonchev–Trinajstić information content (AvgIpc) is 2.75. The fourth-order valence-corrected chi connectivity index (χ4v) is 1.53. The van der Waals surface area contributed by atoms with Gasteiger partial charge in [0.05, 0.1) is 5.56 Å². The van der Waals surface area contributed by atoms with Gasteiger partial charge >= 0.3 is 0 Å². The van der Waals surface area contributed by atoms with E-state index in [4.69, 9.17) is 10.3 Å². The second kappa shape index (κ2) is 4.86. The molecule has 5 nitrogen and oxygen atoms in total. The molecule has 0 unspecified atom stereocenters. The van der Waals surface area contributed by atoms with Crippen LogP contribution in [0.4, 0.5) is 5.69 Å². The number of phenols is 1. The first-order valence-electron chi connectivity index (χ1n) is 5.62. The third kappa shape index (κ3) is 2.55. The number of hydrogen-bond donors (Lipinski definition) is 2. The highest BCUT2D eigenvalue weighted by molar-refractivity contribution is 5.66. The second-order valence-electron chi connectivity index (χ2n) is 3.90. The van der Waals surface area contributed by atoms with E-state index >= 15 is 0 Å². The van der Waals surface area contributed by atoms with Crippen molar-refractivity contribution in [3.63, 3.8) is 0 Å². The molecule has 0 saturated heterocycles. The van der Waals surface area contributed by atoms with E-state index in [2.05, 4.69) is 17.1 Å². The molecule has 1 heterocycles. The minimum atomic E-state index is 0.0516. The van der Waals surface area contributed by atoms with Crippen molar-refractivity contribution in [1.29, 1.82) is 0 Å². The van der Waals surface area contributed by atoms with Crippen LogP contribution < -0.4 is 5.73 Å². The first-order valence-corrected chi connectivity index (χ1v) is 5.62. The Morgan fingerprint density at radius 3 is 2.94 bits per heavy atom. The zero-order valence-electron chi connectivity index (χ0n) is 9.68. The number of rotatable bonds is 4. The lowest BCUT2D eigenvalue weighted by Crippen LogP contribution is -1.88. The number of aryl methyl sites for hydroxylation is 1. The molecule has 0 aliphatic heterocycles. The summed E-state index contributed by atoms with van der Waals surface area (Å²) < 4.78 is 5.11. The van der Waals surface area contributed by atoms with Gasteiger partial charge in [0.2, 0.25) is 0 Å². The van der Waals surface area contributed by atoms with E-state index in [0.717, 1.165) is 19.3 Å². The zero-order valence-corrected chi connectivity index (χ0v) is 9.68. The molecule has 0 spiro atoms. The van der Waals surface area contributed by atoms with Crippen LogP contribution in [0.1, 0.15) is 25.6 Å². The first-order chi connectivity index (χ1) is 8.20. The van der Waals surface area contributed by atoms with E-state index in [9.17, 15) is 5.11 Å². The first kappa shape index (κ1) is 11.4. The summed E-state index contributed by atoms with van der Waals surface area (Å²) in [6.07, 6.45) is 2.89. The van der Waals surface area contributed by atoms with Gasteiger partial charge in [0.1, 0.15) is 5.75 Å². The van der Waals surface area contributed by atoms with Gasteiger partial charge in [-0.2, -0.15) is 4.98 Å². The van der Waals surface area contributed by atoms with Crippen LogP contribution in [0.2, 0.25) is 0 Å². The Hall–Kier alpha value is -2.04. The number of aromatic nitrogens is 2. The maximum atomic E-state index is 9.72. The molecule has 2 rings (SSSR count). The van der Waals surface area contributed by atoms with Crippen LogP contribution in [-0.2, 0) is 6.42 Å². The molecular formula is C12H15N3O2. The second-order valence-corrected chi connectivity index (χ2v) is 3.90. The van der Waals surface area contributed by atoms with E-state index in [0.29, 0.717) is 23.0 Å². The standard InChI is InChI=1S/C12H15N3O2/c1-2-3-4-11-14-12(17-15-11)9-6-5-8(13)7-10(9)16/h5-7,16H,2-4,13H2,1H3. The Labute approximate surface area is 99.3 Å². The Balaban J connectivity index is 2.24. The molecule has 0 aliphatic rings. The number of nitrogens with two attached hydrogens (primary N) is 1. The number of nitrogen functional groups attached to an aromatic ring is 1. The average molecular weight is 233 g/mol. The molecule has 5 heteroatoms. The van der Waals surface area contributed by atoms with E-state index < -0.39 is 0 Å². The molecule has 90 valence electrons. The van der Waals surface area contributed by atoms with Gasteiger partial charge in [0.15, 0.2) is 5.82 Å². The number of benzene rings is 1. The predicted octanol–water partition coefficient (Wildman–Crippen LogP) is 2.37. The molecule has 0 atom stereocenters. The molecule has 0 bridgehead atoms. The minimum absolute atomic E-state index is 0.0516. The molecule has 1 aromatic carbocycles. The highest BCUT2D eigenvalue weighted by Gasteiger charge is 2.12. The topological polar surface area (TPSA) is 85.2 Å². The van der Waals surface area contributed by atoms with Gasteiger partial charge in [-0.1, -0.05) is 18.5 Å². The fourth-order valence-electron chi connectivity index (χ4n) is 1.53. The molecule has 0 amide bonds. The summed E-state index contributed by atoms with van der Waals surface area (Å²) in [6, 6.07) is 4.82. The van der Waals surface area contributed by atoms with Crippen molar-refractivity contribution in [2.24, 2.45) is 0 Å². The van der Waals surface area contributed by atoms with Crippen LogP contribution in [0.25, 0.3) is 11.5 Å². The largest absolute Gasteiger partial charge is 0.507 e. The molecule has 1 aromatic heterocycles. The van der Waals surface area contributed by atoms with Gasteiger partial charge in [0, 0.05) is 18.2 Å². The lowest BCUT2D eigenvalue weighted by atomic mass is 10.2. The number of unbranched alkanes of at least 4 members (excludes halogenated alkanes) is 1. The lowest BCUT2D eigenvalue weighted by molar-refractivity contribution is 0.416. The van der Waals surface area contributed by atoms with Crippen molar-refractivity contribution in [3.05, 3.63) is 24.0 Å². The lowest BCUT2D eigenvalue weighted by Gasteiger charge is -1.99.